The average Bonchev–Trinajstić information content (AvgIpc) is 2.73. The van der Waals surface area contributed by atoms with Crippen LogP contribution in [0.1, 0.15) is 41.0 Å². The Hall–Kier alpha value is -3.35. The second-order valence-electron chi connectivity index (χ2n) is 7.67. The SMILES string of the molecule is COc1ccc(CCNc2nc3cc(C)c(C)cc3nc2C(=O)OC(C)C)cc1OC. The number of fused-ring (bicyclic) bond motifs is 1. The van der Waals surface area contributed by atoms with Crippen molar-refractivity contribution < 1.29 is 19.0 Å². The van der Waals surface area contributed by atoms with Crippen LogP contribution >= 0.6 is 0 Å². The number of hydrogen-bond donors (Lipinski definition) is 1. The van der Waals surface area contributed by atoms with Crippen LogP contribution in [0.15, 0.2) is 30.3 Å². The number of carbonyl (C=O) groups excluding carboxylic acids is 1. The summed E-state index contributed by atoms with van der Waals surface area (Å²) < 4.78 is 16.0. The molecule has 7 heteroatoms. The number of aromatic nitrogens is 2. The fourth-order valence-corrected chi connectivity index (χ4v) is 3.21. The summed E-state index contributed by atoms with van der Waals surface area (Å²) in [5, 5.41) is 3.26. The predicted octanol–water partition coefficient (Wildman–Crippen LogP) is 4.48. The van der Waals surface area contributed by atoms with Gasteiger partial charge in [-0.25, -0.2) is 14.8 Å². The quantitative estimate of drug-likeness (QED) is 0.535. The summed E-state index contributed by atoms with van der Waals surface area (Å²) in [6, 6.07) is 9.72. The summed E-state index contributed by atoms with van der Waals surface area (Å²) in [7, 11) is 3.22. The van der Waals surface area contributed by atoms with Gasteiger partial charge < -0.3 is 19.5 Å². The predicted molar refractivity (Wildman–Crippen MR) is 121 cm³/mol. The molecule has 0 radical (unpaired) electrons. The summed E-state index contributed by atoms with van der Waals surface area (Å²) in [4.78, 5) is 21.9. The van der Waals surface area contributed by atoms with Crippen LogP contribution in [-0.4, -0.2) is 42.8 Å². The lowest BCUT2D eigenvalue weighted by Crippen LogP contribution is -2.18. The number of nitrogens with zero attached hydrogens (tertiary/aromatic N) is 2. The van der Waals surface area contributed by atoms with Gasteiger partial charge in [0.25, 0.3) is 0 Å². The lowest BCUT2D eigenvalue weighted by molar-refractivity contribution is 0.0372. The van der Waals surface area contributed by atoms with E-state index in [1.165, 1.54) is 0 Å². The van der Waals surface area contributed by atoms with Crippen LogP contribution in [0.25, 0.3) is 11.0 Å². The minimum atomic E-state index is -0.490. The molecule has 1 N–H and O–H groups in total. The first-order chi connectivity index (χ1) is 14.8. The van der Waals surface area contributed by atoms with Gasteiger partial charge in [-0.05, 0) is 75.1 Å². The van der Waals surface area contributed by atoms with Crippen molar-refractivity contribution in [2.45, 2.75) is 40.2 Å². The van der Waals surface area contributed by atoms with E-state index in [0.717, 1.165) is 22.2 Å². The Morgan fingerprint density at radius 1 is 0.968 bits per heavy atom. The maximum atomic E-state index is 12.7. The molecule has 1 heterocycles. The van der Waals surface area contributed by atoms with E-state index in [0.29, 0.717) is 35.8 Å². The largest absolute Gasteiger partial charge is 0.493 e. The molecule has 0 aliphatic rings. The molecule has 0 fully saturated rings. The Kier molecular flexibility index (Phi) is 6.95. The van der Waals surface area contributed by atoms with Gasteiger partial charge in [0.2, 0.25) is 0 Å². The third-order valence-corrected chi connectivity index (χ3v) is 4.97. The molecule has 164 valence electrons. The zero-order valence-electron chi connectivity index (χ0n) is 18.9. The molecular weight excluding hydrogens is 394 g/mol. The Bertz CT molecular complexity index is 1100. The Labute approximate surface area is 182 Å². The van der Waals surface area contributed by atoms with Crippen molar-refractivity contribution in [2.24, 2.45) is 0 Å². The Morgan fingerprint density at radius 2 is 1.61 bits per heavy atom. The highest BCUT2D eigenvalue weighted by Gasteiger charge is 2.19. The maximum Gasteiger partial charge on any atom is 0.361 e. The molecule has 0 amide bonds. The smallest absolute Gasteiger partial charge is 0.361 e. The van der Waals surface area contributed by atoms with Crippen LogP contribution < -0.4 is 14.8 Å². The maximum absolute atomic E-state index is 12.7. The number of methoxy groups -OCH3 is 2. The molecule has 2 aromatic carbocycles. The van der Waals surface area contributed by atoms with Crippen LogP contribution in [0, 0.1) is 13.8 Å². The Balaban J connectivity index is 1.87. The standard InChI is InChI=1S/C24H29N3O4/c1-14(2)31-24(28)22-23(27-19-12-16(4)15(3)11-18(19)26-22)25-10-9-17-7-8-20(29-5)21(13-17)30-6/h7-8,11-14H,9-10H2,1-6H3,(H,25,27). The second-order valence-corrected chi connectivity index (χ2v) is 7.67. The zero-order valence-corrected chi connectivity index (χ0v) is 18.9. The molecule has 0 atom stereocenters. The number of nitrogens with one attached hydrogen (secondary N) is 1. The fourth-order valence-electron chi connectivity index (χ4n) is 3.21. The lowest BCUT2D eigenvalue weighted by atomic mass is 10.1. The van der Waals surface area contributed by atoms with E-state index in [4.69, 9.17) is 14.2 Å². The van der Waals surface area contributed by atoms with Crippen LogP contribution in [0.2, 0.25) is 0 Å². The summed E-state index contributed by atoms with van der Waals surface area (Å²) >= 11 is 0. The summed E-state index contributed by atoms with van der Waals surface area (Å²) in [5.41, 5.74) is 4.88. The van der Waals surface area contributed by atoms with Gasteiger partial charge in [-0.2, -0.15) is 0 Å². The van der Waals surface area contributed by atoms with Gasteiger partial charge in [0.1, 0.15) is 0 Å². The number of anilines is 1. The number of aryl methyl sites for hydroxylation is 2. The van der Waals surface area contributed by atoms with E-state index in [9.17, 15) is 4.79 Å². The van der Waals surface area contributed by atoms with Gasteiger partial charge >= 0.3 is 5.97 Å². The molecule has 0 spiro atoms. The van der Waals surface area contributed by atoms with E-state index < -0.39 is 5.97 Å². The van der Waals surface area contributed by atoms with Crippen LogP contribution in [0.5, 0.6) is 11.5 Å². The van der Waals surface area contributed by atoms with Gasteiger partial charge in [0, 0.05) is 6.54 Å². The molecule has 0 bridgehead atoms. The first-order valence-electron chi connectivity index (χ1n) is 10.3. The number of hydrogen-bond acceptors (Lipinski definition) is 7. The molecule has 7 nitrogen and oxygen atoms in total. The third kappa shape index (κ3) is 5.23. The van der Waals surface area contributed by atoms with Gasteiger partial charge in [0.15, 0.2) is 23.0 Å². The number of rotatable bonds is 8. The number of esters is 1. The van der Waals surface area contributed by atoms with E-state index in [2.05, 4.69) is 15.3 Å². The minimum absolute atomic E-state index is 0.191. The van der Waals surface area contributed by atoms with Gasteiger partial charge in [0.05, 0.1) is 31.4 Å². The van der Waals surface area contributed by atoms with Crippen molar-refractivity contribution in [3.05, 3.63) is 52.7 Å². The number of ether oxygens (including phenoxy) is 3. The summed E-state index contributed by atoms with van der Waals surface area (Å²) in [6.45, 7) is 8.22. The molecule has 0 saturated carbocycles. The average molecular weight is 424 g/mol. The van der Waals surface area contributed by atoms with E-state index >= 15 is 0 Å². The third-order valence-electron chi connectivity index (χ3n) is 4.97. The summed E-state index contributed by atoms with van der Waals surface area (Å²) in [5.74, 6) is 1.29. The fraction of sp³-hybridized carbons (Fsp3) is 0.375. The second kappa shape index (κ2) is 9.64. The van der Waals surface area contributed by atoms with Crippen molar-refractivity contribution in [1.82, 2.24) is 9.97 Å². The molecule has 0 aliphatic carbocycles. The Morgan fingerprint density at radius 3 is 2.23 bits per heavy atom. The molecule has 1 aromatic heterocycles. The molecule has 31 heavy (non-hydrogen) atoms. The first-order valence-corrected chi connectivity index (χ1v) is 10.3. The zero-order chi connectivity index (χ0) is 22.5. The highest BCUT2D eigenvalue weighted by Crippen LogP contribution is 2.28. The van der Waals surface area contributed by atoms with Crippen LogP contribution in [0.3, 0.4) is 0 Å². The summed E-state index contributed by atoms with van der Waals surface area (Å²) in [6.07, 6.45) is 0.454. The van der Waals surface area contributed by atoms with Crippen molar-refractivity contribution in [2.75, 3.05) is 26.1 Å². The van der Waals surface area contributed by atoms with Gasteiger partial charge in [-0.3, -0.25) is 0 Å². The van der Waals surface area contributed by atoms with E-state index in [-0.39, 0.29) is 11.8 Å². The van der Waals surface area contributed by atoms with Gasteiger partial charge in [-0.15, -0.1) is 0 Å². The lowest BCUT2D eigenvalue weighted by Gasteiger charge is -2.14. The van der Waals surface area contributed by atoms with Crippen molar-refractivity contribution in [3.63, 3.8) is 0 Å². The van der Waals surface area contributed by atoms with Crippen molar-refractivity contribution in [1.29, 1.82) is 0 Å². The number of carbonyl (C=O) groups is 1. The molecular formula is C24H29N3O4. The highest BCUT2D eigenvalue weighted by atomic mass is 16.5. The van der Waals surface area contributed by atoms with Crippen molar-refractivity contribution in [3.8, 4) is 11.5 Å². The van der Waals surface area contributed by atoms with E-state index in [1.54, 1.807) is 14.2 Å². The highest BCUT2D eigenvalue weighted by molar-refractivity contribution is 5.95. The number of benzene rings is 2. The van der Waals surface area contributed by atoms with E-state index in [1.807, 2.05) is 58.0 Å². The monoisotopic (exact) mass is 423 g/mol. The molecule has 0 saturated heterocycles. The first kappa shape index (κ1) is 22.3. The molecule has 3 aromatic rings. The molecule has 3 rings (SSSR count). The van der Waals surface area contributed by atoms with Crippen LogP contribution in [0.4, 0.5) is 5.82 Å². The topological polar surface area (TPSA) is 82.6 Å². The van der Waals surface area contributed by atoms with Gasteiger partial charge in [-0.1, -0.05) is 6.07 Å². The molecule has 0 aliphatic heterocycles. The van der Waals surface area contributed by atoms with Crippen molar-refractivity contribution >= 4 is 22.8 Å². The molecule has 0 unspecified atom stereocenters. The minimum Gasteiger partial charge on any atom is -0.493 e. The normalized spacial score (nSPS) is 10.9. The van der Waals surface area contributed by atoms with Crippen LogP contribution in [-0.2, 0) is 11.2 Å².